The Bertz CT molecular complexity index is 515. The number of nitrogens with zero attached hydrogens (tertiary/aromatic N) is 2. The maximum atomic E-state index is 13.4. The topological polar surface area (TPSA) is 38.0 Å². The molecule has 0 aliphatic heterocycles. The van der Waals surface area contributed by atoms with Gasteiger partial charge >= 0.3 is 0 Å². The van der Waals surface area contributed by atoms with Gasteiger partial charge in [-0.05, 0) is 17.7 Å². The average molecular weight is 266 g/mol. The van der Waals surface area contributed by atoms with Crippen molar-refractivity contribution in [3.8, 4) is 0 Å². The minimum absolute atomic E-state index is 0.240. The lowest BCUT2D eigenvalue weighted by atomic mass is 10.2. The van der Waals surface area contributed by atoms with Gasteiger partial charge < -0.3 is 5.11 Å². The van der Waals surface area contributed by atoms with Crippen LogP contribution in [0.2, 0.25) is 0 Å². The number of aliphatic hydroxyl groups is 1. The van der Waals surface area contributed by atoms with Crippen LogP contribution in [0.15, 0.2) is 41.6 Å². The molecule has 0 spiro atoms. The van der Waals surface area contributed by atoms with Gasteiger partial charge in [-0.15, -0.1) is 11.8 Å². The Labute approximate surface area is 110 Å². The molecule has 18 heavy (non-hydrogen) atoms. The Morgan fingerprint density at radius 1 is 1.44 bits per heavy atom. The Morgan fingerprint density at radius 2 is 2.22 bits per heavy atom. The first kappa shape index (κ1) is 13.1. The van der Waals surface area contributed by atoms with Gasteiger partial charge in [0.05, 0.1) is 12.3 Å². The van der Waals surface area contributed by atoms with Gasteiger partial charge in [0.15, 0.2) is 0 Å². The molecule has 0 saturated carbocycles. The smallest absolute Gasteiger partial charge is 0.136 e. The van der Waals surface area contributed by atoms with E-state index in [9.17, 15) is 9.50 Å². The van der Waals surface area contributed by atoms with Crippen molar-refractivity contribution in [2.75, 3.05) is 5.75 Å². The summed E-state index contributed by atoms with van der Waals surface area (Å²) in [5.41, 5.74) is 0.985. The molecule has 96 valence electrons. The molecule has 1 aromatic carbocycles. The molecule has 1 unspecified atom stereocenters. The standard InChI is InChI=1S/C13H15FN2OS/c1-16-8-10(7-15-16)6-11(17)9-18-13-5-3-2-4-12(13)14/h2-5,7-8,11,17H,6,9H2,1H3. The molecule has 0 fully saturated rings. The third-order valence-electron chi connectivity index (χ3n) is 2.50. The summed E-state index contributed by atoms with van der Waals surface area (Å²) >= 11 is 1.33. The Balaban J connectivity index is 1.85. The fraction of sp³-hybridized carbons (Fsp3) is 0.308. The maximum absolute atomic E-state index is 13.4. The number of rotatable bonds is 5. The van der Waals surface area contributed by atoms with Crippen LogP contribution >= 0.6 is 11.8 Å². The van der Waals surface area contributed by atoms with Crippen molar-refractivity contribution >= 4 is 11.8 Å². The lowest BCUT2D eigenvalue weighted by Crippen LogP contribution is -2.13. The van der Waals surface area contributed by atoms with Gasteiger partial charge in [0, 0.05) is 30.3 Å². The van der Waals surface area contributed by atoms with Crippen molar-refractivity contribution in [2.45, 2.75) is 17.4 Å². The van der Waals surface area contributed by atoms with E-state index in [4.69, 9.17) is 0 Å². The highest BCUT2D eigenvalue weighted by atomic mass is 32.2. The minimum atomic E-state index is -0.501. The van der Waals surface area contributed by atoms with Gasteiger partial charge in [0.25, 0.3) is 0 Å². The van der Waals surface area contributed by atoms with E-state index in [0.717, 1.165) is 5.56 Å². The average Bonchev–Trinajstić information content (AvgIpc) is 2.74. The summed E-state index contributed by atoms with van der Waals surface area (Å²) in [5, 5.41) is 13.9. The van der Waals surface area contributed by atoms with Crippen molar-refractivity contribution in [1.82, 2.24) is 9.78 Å². The van der Waals surface area contributed by atoms with Gasteiger partial charge in [-0.1, -0.05) is 12.1 Å². The number of halogens is 1. The lowest BCUT2D eigenvalue weighted by Gasteiger charge is -2.09. The summed E-state index contributed by atoms with van der Waals surface area (Å²) in [6, 6.07) is 6.59. The predicted molar refractivity (Wildman–Crippen MR) is 70.0 cm³/mol. The van der Waals surface area contributed by atoms with Crippen LogP contribution in [0.4, 0.5) is 4.39 Å². The quantitative estimate of drug-likeness (QED) is 0.844. The van der Waals surface area contributed by atoms with Crippen molar-refractivity contribution in [2.24, 2.45) is 7.05 Å². The van der Waals surface area contributed by atoms with E-state index in [2.05, 4.69) is 5.10 Å². The predicted octanol–water partition coefficient (Wildman–Crippen LogP) is 2.25. The van der Waals surface area contributed by atoms with Gasteiger partial charge in [0.2, 0.25) is 0 Å². The molecule has 1 aromatic heterocycles. The van der Waals surface area contributed by atoms with Crippen molar-refractivity contribution in [1.29, 1.82) is 0 Å². The van der Waals surface area contributed by atoms with Crippen LogP contribution in [0.1, 0.15) is 5.56 Å². The van der Waals surface area contributed by atoms with Gasteiger partial charge in [-0.2, -0.15) is 5.10 Å². The van der Waals surface area contributed by atoms with Crippen LogP contribution < -0.4 is 0 Å². The Kier molecular flexibility index (Phi) is 4.38. The summed E-state index contributed by atoms with van der Waals surface area (Å²) in [6.45, 7) is 0. The van der Waals surface area contributed by atoms with E-state index >= 15 is 0 Å². The second-order valence-electron chi connectivity index (χ2n) is 4.12. The number of aryl methyl sites for hydroxylation is 1. The number of hydrogen-bond donors (Lipinski definition) is 1. The fourth-order valence-electron chi connectivity index (χ4n) is 1.66. The molecule has 0 aliphatic rings. The first-order chi connectivity index (χ1) is 8.65. The summed E-state index contributed by atoms with van der Waals surface area (Å²) < 4.78 is 15.1. The zero-order valence-electron chi connectivity index (χ0n) is 10.1. The minimum Gasteiger partial charge on any atom is -0.392 e. The van der Waals surface area contributed by atoms with Crippen molar-refractivity contribution in [3.05, 3.63) is 48.0 Å². The van der Waals surface area contributed by atoms with E-state index in [0.29, 0.717) is 17.1 Å². The SMILES string of the molecule is Cn1cc(CC(O)CSc2ccccc2F)cn1. The Hall–Kier alpha value is -1.33. The third-order valence-corrected chi connectivity index (χ3v) is 3.69. The number of aromatic nitrogens is 2. The molecule has 1 N–H and O–H groups in total. The molecular weight excluding hydrogens is 251 g/mol. The summed E-state index contributed by atoms with van der Waals surface area (Å²) in [7, 11) is 1.84. The van der Waals surface area contributed by atoms with Crippen molar-refractivity contribution < 1.29 is 9.50 Å². The molecule has 1 heterocycles. The highest BCUT2D eigenvalue weighted by molar-refractivity contribution is 7.99. The zero-order chi connectivity index (χ0) is 13.0. The fourth-order valence-corrected chi connectivity index (χ4v) is 2.53. The molecular formula is C13H15FN2OS. The largest absolute Gasteiger partial charge is 0.392 e. The summed E-state index contributed by atoms with van der Waals surface area (Å²) in [5.74, 6) is 0.228. The van der Waals surface area contributed by atoms with Crippen molar-refractivity contribution in [3.63, 3.8) is 0 Å². The van der Waals surface area contributed by atoms with E-state index in [1.54, 1.807) is 29.1 Å². The first-order valence-electron chi connectivity index (χ1n) is 5.68. The monoisotopic (exact) mass is 266 g/mol. The molecule has 2 rings (SSSR count). The first-order valence-corrected chi connectivity index (χ1v) is 6.66. The number of thioether (sulfide) groups is 1. The number of benzene rings is 1. The molecule has 2 aromatic rings. The van der Waals surface area contributed by atoms with Gasteiger partial charge in [-0.25, -0.2) is 4.39 Å². The number of aliphatic hydroxyl groups excluding tert-OH is 1. The van der Waals surface area contributed by atoms with Crippen LogP contribution in [0.5, 0.6) is 0 Å². The molecule has 0 radical (unpaired) electrons. The molecule has 0 saturated heterocycles. The number of hydrogen-bond acceptors (Lipinski definition) is 3. The molecule has 1 atom stereocenters. The second kappa shape index (κ2) is 6.02. The molecule has 3 nitrogen and oxygen atoms in total. The highest BCUT2D eigenvalue weighted by Crippen LogP contribution is 2.22. The third kappa shape index (κ3) is 3.58. The highest BCUT2D eigenvalue weighted by Gasteiger charge is 2.09. The molecule has 0 amide bonds. The summed E-state index contributed by atoms with van der Waals surface area (Å²) in [4.78, 5) is 0.572. The van der Waals surface area contributed by atoms with Crippen LogP contribution in [0.25, 0.3) is 0 Å². The summed E-state index contributed by atoms with van der Waals surface area (Å²) in [6.07, 6.45) is 3.64. The van der Waals surface area contributed by atoms with Gasteiger partial charge in [0.1, 0.15) is 5.82 Å². The molecule has 0 aliphatic carbocycles. The Morgan fingerprint density at radius 3 is 2.89 bits per heavy atom. The van der Waals surface area contributed by atoms with Gasteiger partial charge in [-0.3, -0.25) is 4.68 Å². The lowest BCUT2D eigenvalue weighted by molar-refractivity contribution is 0.200. The zero-order valence-corrected chi connectivity index (χ0v) is 10.9. The molecule has 0 bridgehead atoms. The van der Waals surface area contributed by atoms with Crippen LogP contribution in [0.3, 0.4) is 0 Å². The second-order valence-corrected chi connectivity index (χ2v) is 5.18. The van der Waals surface area contributed by atoms with Crippen LogP contribution in [-0.2, 0) is 13.5 Å². The van der Waals surface area contributed by atoms with Crippen LogP contribution in [-0.4, -0.2) is 26.7 Å². The van der Waals surface area contributed by atoms with E-state index in [-0.39, 0.29) is 5.82 Å². The van der Waals surface area contributed by atoms with E-state index in [1.165, 1.54) is 17.8 Å². The van der Waals surface area contributed by atoms with E-state index < -0.39 is 6.10 Å². The van der Waals surface area contributed by atoms with E-state index in [1.807, 2.05) is 13.2 Å². The molecule has 5 heteroatoms. The normalized spacial score (nSPS) is 12.6. The maximum Gasteiger partial charge on any atom is 0.136 e. The van der Waals surface area contributed by atoms with Crippen LogP contribution in [0, 0.1) is 5.82 Å².